The maximum absolute atomic E-state index is 5.61. The lowest BCUT2D eigenvalue weighted by Crippen LogP contribution is -2.19. The van der Waals surface area contributed by atoms with E-state index in [0.29, 0.717) is 6.61 Å². The van der Waals surface area contributed by atoms with Crippen molar-refractivity contribution >= 4 is 15.9 Å². The number of benzene rings is 1. The van der Waals surface area contributed by atoms with Gasteiger partial charge in [-0.15, -0.1) is 0 Å². The van der Waals surface area contributed by atoms with E-state index in [1.54, 1.807) is 0 Å². The van der Waals surface area contributed by atoms with E-state index in [9.17, 15) is 0 Å². The molecule has 0 bridgehead atoms. The summed E-state index contributed by atoms with van der Waals surface area (Å²) in [5, 5.41) is 0. The second kappa shape index (κ2) is 5.37. The van der Waals surface area contributed by atoms with Gasteiger partial charge in [-0.3, -0.25) is 0 Å². The molecule has 0 amide bonds. The lowest BCUT2D eigenvalue weighted by Gasteiger charge is -2.12. The molecule has 0 unspecified atom stereocenters. The molecule has 0 saturated carbocycles. The SMILES string of the molecule is Cc1ccc(OCCN(C)C)c(Br)c1. The Bertz CT molecular complexity index is 299. The van der Waals surface area contributed by atoms with Crippen LogP contribution in [-0.2, 0) is 0 Å². The molecule has 0 saturated heterocycles. The summed E-state index contributed by atoms with van der Waals surface area (Å²) in [6.45, 7) is 3.71. The molecule has 0 atom stereocenters. The number of nitrogens with zero attached hydrogens (tertiary/aromatic N) is 1. The topological polar surface area (TPSA) is 12.5 Å². The molecule has 0 N–H and O–H groups in total. The van der Waals surface area contributed by atoms with Crippen LogP contribution in [0, 0.1) is 6.92 Å². The van der Waals surface area contributed by atoms with E-state index in [2.05, 4.69) is 39.9 Å². The highest BCUT2D eigenvalue weighted by molar-refractivity contribution is 9.10. The number of ether oxygens (including phenoxy) is 1. The van der Waals surface area contributed by atoms with Gasteiger partial charge in [0, 0.05) is 6.54 Å². The van der Waals surface area contributed by atoms with Gasteiger partial charge in [-0.2, -0.15) is 0 Å². The van der Waals surface area contributed by atoms with Crippen molar-refractivity contribution in [2.75, 3.05) is 27.2 Å². The second-order valence-corrected chi connectivity index (χ2v) is 4.44. The Balaban J connectivity index is 2.51. The van der Waals surface area contributed by atoms with E-state index in [1.807, 2.05) is 20.2 Å². The van der Waals surface area contributed by atoms with Gasteiger partial charge in [0.2, 0.25) is 0 Å². The summed E-state index contributed by atoms with van der Waals surface area (Å²) in [5.74, 6) is 0.914. The Hall–Kier alpha value is -0.540. The maximum atomic E-state index is 5.61. The summed E-state index contributed by atoms with van der Waals surface area (Å²) in [6.07, 6.45) is 0. The fourth-order valence-electron chi connectivity index (χ4n) is 1.06. The van der Waals surface area contributed by atoms with Gasteiger partial charge in [0.1, 0.15) is 12.4 Å². The predicted molar refractivity (Wildman–Crippen MR) is 62.9 cm³/mol. The number of aryl methyl sites for hydroxylation is 1. The van der Waals surface area contributed by atoms with Crippen LogP contribution in [0.4, 0.5) is 0 Å². The third-order valence-corrected chi connectivity index (χ3v) is 2.50. The summed E-state index contributed by atoms with van der Waals surface area (Å²) in [7, 11) is 4.07. The van der Waals surface area contributed by atoms with Crippen LogP contribution < -0.4 is 4.74 Å². The first-order valence-corrected chi connectivity index (χ1v) is 5.42. The minimum Gasteiger partial charge on any atom is -0.491 e. The highest BCUT2D eigenvalue weighted by Gasteiger charge is 2.00. The third kappa shape index (κ3) is 3.68. The molecule has 0 aliphatic heterocycles. The standard InChI is InChI=1S/C11H16BrNO/c1-9-4-5-11(10(12)8-9)14-7-6-13(2)3/h4-5,8H,6-7H2,1-3H3. The maximum Gasteiger partial charge on any atom is 0.133 e. The van der Waals surface area contributed by atoms with Crippen LogP contribution in [0.15, 0.2) is 22.7 Å². The molecule has 0 radical (unpaired) electrons. The smallest absolute Gasteiger partial charge is 0.133 e. The lowest BCUT2D eigenvalue weighted by molar-refractivity contribution is 0.260. The fourth-order valence-corrected chi connectivity index (χ4v) is 1.67. The molecule has 0 heterocycles. The predicted octanol–water partition coefficient (Wildman–Crippen LogP) is 2.70. The van der Waals surface area contributed by atoms with Crippen molar-refractivity contribution in [3.05, 3.63) is 28.2 Å². The molecule has 0 fully saturated rings. The normalized spacial score (nSPS) is 10.6. The van der Waals surface area contributed by atoms with Crippen molar-refractivity contribution in [3.63, 3.8) is 0 Å². The van der Waals surface area contributed by atoms with E-state index in [0.717, 1.165) is 16.8 Å². The molecular weight excluding hydrogens is 242 g/mol. The van der Waals surface area contributed by atoms with Crippen molar-refractivity contribution in [1.29, 1.82) is 0 Å². The van der Waals surface area contributed by atoms with Crippen LogP contribution in [0.5, 0.6) is 5.75 Å². The Morgan fingerprint density at radius 1 is 1.36 bits per heavy atom. The molecule has 2 nitrogen and oxygen atoms in total. The fraction of sp³-hybridized carbons (Fsp3) is 0.455. The molecule has 1 aromatic carbocycles. The molecule has 0 aliphatic carbocycles. The molecule has 0 aliphatic rings. The summed E-state index contributed by atoms with van der Waals surface area (Å²) >= 11 is 3.48. The summed E-state index contributed by atoms with van der Waals surface area (Å²) in [5.41, 5.74) is 1.23. The zero-order valence-corrected chi connectivity index (χ0v) is 10.5. The van der Waals surface area contributed by atoms with Gasteiger partial charge in [0.25, 0.3) is 0 Å². The van der Waals surface area contributed by atoms with Crippen LogP contribution in [0.3, 0.4) is 0 Å². The van der Waals surface area contributed by atoms with Crippen molar-refractivity contribution < 1.29 is 4.74 Å². The summed E-state index contributed by atoms with van der Waals surface area (Å²) in [6, 6.07) is 6.11. The van der Waals surface area contributed by atoms with Gasteiger partial charge in [-0.05, 0) is 54.6 Å². The number of hydrogen-bond donors (Lipinski definition) is 0. The van der Waals surface area contributed by atoms with Gasteiger partial charge in [-0.25, -0.2) is 0 Å². The van der Waals surface area contributed by atoms with E-state index in [1.165, 1.54) is 5.56 Å². The van der Waals surface area contributed by atoms with Crippen molar-refractivity contribution in [2.24, 2.45) is 0 Å². The Kier molecular flexibility index (Phi) is 4.42. The average molecular weight is 258 g/mol. The zero-order valence-electron chi connectivity index (χ0n) is 8.88. The largest absolute Gasteiger partial charge is 0.491 e. The molecule has 0 aromatic heterocycles. The zero-order chi connectivity index (χ0) is 10.6. The molecule has 0 spiro atoms. The van der Waals surface area contributed by atoms with Crippen LogP contribution >= 0.6 is 15.9 Å². The Morgan fingerprint density at radius 2 is 2.07 bits per heavy atom. The molecule has 3 heteroatoms. The van der Waals surface area contributed by atoms with E-state index in [4.69, 9.17) is 4.74 Å². The average Bonchev–Trinajstić information content (AvgIpc) is 2.08. The van der Waals surface area contributed by atoms with Gasteiger partial charge in [0.15, 0.2) is 0 Å². The molecule has 1 aromatic rings. The second-order valence-electron chi connectivity index (χ2n) is 3.59. The number of halogens is 1. The molecule has 78 valence electrons. The van der Waals surface area contributed by atoms with E-state index < -0.39 is 0 Å². The number of rotatable bonds is 4. The number of likely N-dealkylation sites (N-methyl/N-ethyl adjacent to an activating group) is 1. The summed E-state index contributed by atoms with van der Waals surface area (Å²) in [4.78, 5) is 2.10. The molecule has 1 rings (SSSR count). The lowest BCUT2D eigenvalue weighted by atomic mass is 10.2. The number of hydrogen-bond acceptors (Lipinski definition) is 2. The van der Waals surface area contributed by atoms with Gasteiger partial charge < -0.3 is 9.64 Å². The molecular formula is C11H16BrNO. The quantitative estimate of drug-likeness (QED) is 0.823. The van der Waals surface area contributed by atoms with Crippen molar-refractivity contribution in [1.82, 2.24) is 4.90 Å². The Labute approximate surface area is 94.0 Å². The third-order valence-electron chi connectivity index (χ3n) is 1.88. The van der Waals surface area contributed by atoms with Gasteiger partial charge >= 0.3 is 0 Å². The van der Waals surface area contributed by atoms with Crippen molar-refractivity contribution in [2.45, 2.75) is 6.92 Å². The molecule has 14 heavy (non-hydrogen) atoms. The highest BCUT2D eigenvalue weighted by Crippen LogP contribution is 2.25. The van der Waals surface area contributed by atoms with Crippen LogP contribution in [-0.4, -0.2) is 32.1 Å². The highest BCUT2D eigenvalue weighted by atomic mass is 79.9. The van der Waals surface area contributed by atoms with Crippen LogP contribution in [0.2, 0.25) is 0 Å². The van der Waals surface area contributed by atoms with Gasteiger partial charge in [-0.1, -0.05) is 6.07 Å². The minimum absolute atomic E-state index is 0.717. The van der Waals surface area contributed by atoms with Gasteiger partial charge in [0.05, 0.1) is 4.47 Å². The summed E-state index contributed by atoms with van der Waals surface area (Å²) < 4.78 is 6.64. The van der Waals surface area contributed by atoms with E-state index >= 15 is 0 Å². The van der Waals surface area contributed by atoms with Crippen molar-refractivity contribution in [3.8, 4) is 5.75 Å². The van der Waals surface area contributed by atoms with E-state index in [-0.39, 0.29) is 0 Å². The first kappa shape index (κ1) is 11.5. The first-order valence-electron chi connectivity index (χ1n) is 4.63. The minimum atomic E-state index is 0.717. The van der Waals surface area contributed by atoms with Crippen LogP contribution in [0.25, 0.3) is 0 Å². The monoisotopic (exact) mass is 257 g/mol. The first-order chi connectivity index (χ1) is 6.59. The van der Waals surface area contributed by atoms with Crippen LogP contribution in [0.1, 0.15) is 5.56 Å². The Morgan fingerprint density at radius 3 is 2.64 bits per heavy atom.